The van der Waals surface area contributed by atoms with Gasteiger partial charge in [0, 0.05) is 25.2 Å². The average molecular weight is 394 g/mol. The maximum atomic E-state index is 12.9. The molecule has 0 bridgehead atoms. The van der Waals surface area contributed by atoms with Crippen molar-refractivity contribution in [3.8, 4) is 17.0 Å². The Balaban J connectivity index is 1.62. The molecule has 2 aromatic rings. The molecule has 2 fully saturated rings. The van der Waals surface area contributed by atoms with Crippen LogP contribution in [-0.2, 0) is 10.9 Å². The first kappa shape index (κ1) is 18.9. The fourth-order valence-electron chi connectivity index (χ4n) is 4.03. The molecule has 1 N–H and O–H groups in total. The van der Waals surface area contributed by atoms with E-state index >= 15 is 0 Å². The van der Waals surface area contributed by atoms with Crippen molar-refractivity contribution in [3.63, 3.8) is 0 Å². The summed E-state index contributed by atoms with van der Waals surface area (Å²) in [7, 11) is 2.05. The van der Waals surface area contributed by atoms with Crippen molar-refractivity contribution in [1.82, 2.24) is 15.1 Å². The summed E-state index contributed by atoms with van der Waals surface area (Å²) in [6.45, 7) is 4.56. The topological polar surface area (TPSA) is 61.7 Å². The Morgan fingerprint density at radius 1 is 1.18 bits per heavy atom. The largest absolute Gasteiger partial charge is 0.507 e. The Labute approximate surface area is 160 Å². The molecule has 1 aromatic carbocycles. The van der Waals surface area contributed by atoms with Gasteiger partial charge in [0.05, 0.1) is 30.0 Å². The Morgan fingerprint density at radius 3 is 2.61 bits per heavy atom. The summed E-state index contributed by atoms with van der Waals surface area (Å²) < 4.78 is 44.6. The van der Waals surface area contributed by atoms with E-state index in [9.17, 15) is 18.3 Å². The van der Waals surface area contributed by atoms with Crippen LogP contribution in [0.4, 0.5) is 19.0 Å². The number of anilines is 1. The van der Waals surface area contributed by atoms with E-state index in [-0.39, 0.29) is 17.7 Å². The lowest BCUT2D eigenvalue weighted by molar-refractivity contribution is -0.137. The Morgan fingerprint density at radius 2 is 1.96 bits per heavy atom. The number of rotatable bonds is 2. The van der Waals surface area contributed by atoms with Gasteiger partial charge in [-0.25, -0.2) is 0 Å². The number of hydrogen-bond acceptors (Lipinski definition) is 6. The molecule has 6 nitrogen and oxygen atoms in total. The van der Waals surface area contributed by atoms with E-state index in [2.05, 4.69) is 20.0 Å². The molecule has 0 radical (unpaired) electrons. The van der Waals surface area contributed by atoms with Crippen LogP contribution in [0.5, 0.6) is 5.75 Å². The zero-order chi connectivity index (χ0) is 20.1. The summed E-state index contributed by atoms with van der Waals surface area (Å²) >= 11 is 0. The average Bonchev–Trinajstić information content (AvgIpc) is 3.01. The minimum atomic E-state index is -4.52. The van der Waals surface area contributed by atoms with Crippen LogP contribution in [-0.4, -0.2) is 65.6 Å². The number of halogens is 3. The Bertz CT molecular complexity index is 849. The highest BCUT2D eigenvalue weighted by Crippen LogP contribution is 2.38. The predicted molar refractivity (Wildman–Crippen MR) is 97.2 cm³/mol. The molecule has 28 heavy (non-hydrogen) atoms. The molecule has 9 heteroatoms. The summed E-state index contributed by atoms with van der Waals surface area (Å²) in [5, 5.41) is 18.6. The number of fused-ring (bicyclic) bond motifs is 1. The van der Waals surface area contributed by atoms with Crippen LogP contribution in [0, 0.1) is 6.92 Å². The van der Waals surface area contributed by atoms with Crippen LogP contribution in [0.15, 0.2) is 24.3 Å². The number of hydrogen-bond donors (Lipinski definition) is 1. The number of morpholine rings is 1. The van der Waals surface area contributed by atoms with E-state index in [1.165, 1.54) is 6.92 Å². The molecule has 2 atom stereocenters. The minimum absolute atomic E-state index is 0.126. The Hall–Kier alpha value is -2.39. The number of aromatic nitrogens is 2. The highest BCUT2D eigenvalue weighted by molar-refractivity contribution is 5.71. The number of phenolic OH excluding ortho intramolecular Hbond substituents is 1. The molecule has 3 heterocycles. The lowest BCUT2D eigenvalue weighted by Crippen LogP contribution is -2.51. The van der Waals surface area contributed by atoms with Gasteiger partial charge in [0.2, 0.25) is 0 Å². The third-order valence-electron chi connectivity index (χ3n) is 5.33. The van der Waals surface area contributed by atoms with Crippen LogP contribution >= 0.6 is 0 Å². The zero-order valence-corrected chi connectivity index (χ0v) is 15.6. The van der Waals surface area contributed by atoms with Crippen LogP contribution in [0.1, 0.15) is 11.1 Å². The summed E-state index contributed by atoms with van der Waals surface area (Å²) in [6, 6.07) is 5.39. The van der Waals surface area contributed by atoms with Crippen molar-refractivity contribution in [2.75, 3.05) is 38.2 Å². The quantitative estimate of drug-likeness (QED) is 0.845. The first-order valence-electron chi connectivity index (χ1n) is 9.06. The molecule has 0 saturated carbocycles. The van der Waals surface area contributed by atoms with E-state index in [4.69, 9.17) is 4.74 Å². The maximum absolute atomic E-state index is 12.9. The third kappa shape index (κ3) is 3.40. The third-order valence-corrected chi connectivity index (χ3v) is 5.33. The van der Waals surface area contributed by atoms with Gasteiger partial charge >= 0.3 is 6.18 Å². The minimum Gasteiger partial charge on any atom is -0.507 e. The first-order valence-corrected chi connectivity index (χ1v) is 9.06. The van der Waals surface area contributed by atoms with Crippen molar-refractivity contribution < 1.29 is 23.0 Å². The van der Waals surface area contributed by atoms with Crippen molar-refractivity contribution >= 4 is 5.82 Å². The summed E-state index contributed by atoms with van der Waals surface area (Å²) in [6.07, 6.45) is -4.39. The van der Waals surface area contributed by atoms with Gasteiger partial charge in [-0.2, -0.15) is 13.2 Å². The van der Waals surface area contributed by atoms with E-state index in [0.29, 0.717) is 30.2 Å². The van der Waals surface area contributed by atoms with Crippen LogP contribution in [0.2, 0.25) is 0 Å². The van der Waals surface area contributed by atoms with Crippen LogP contribution in [0.25, 0.3) is 11.3 Å². The maximum Gasteiger partial charge on any atom is 0.416 e. The van der Waals surface area contributed by atoms with Gasteiger partial charge in [0.15, 0.2) is 5.82 Å². The number of aromatic hydroxyl groups is 1. The second kappa shape index (κ2) is 6.89. The van der Waals surface area contributed by atoms with E-state index < -0.39 is 17.5 Å². The monoisotopic (exact) mass is 394 g/mol. The molecule has 0 spiro atoms. The second-order valence-electron chi connectivity index (χ2n) is 7.35. The number of likely N-dealkylation sites (N-methyl/N-ethyl adjacent to an activating group) is 1. The molecular weight excluding hydrogens is 373 g/mol. The van der Waals surface area contributed by atoms with Gasteiger partial charge in [-0.1, -0.05) is 0 Å². The van der Waals surface area contributed by atoms with Crippen molar-refractivity contribution in [2.24, 2.45) is 0 Å². The van der Waals surface area contributed by atoms with E-state index in [1.54, 1.807) is 12.1 Å². The number of aryl methyl sites for hydroxylation is 1. The van der Waals surface area contributed by atoms with Crippen LogP contribution in [0.3, 0.4) is 0 Å². The van der Waals surface area contributed by atoms with Gasteiger partial charge < -0.3 is 19.6 Å². The highest BCUT2D eigenvalue weighted by atomic mass is 19.4. The predicted octanol–water partition coefficient (Wildman–Crippen LogP) is 2.70. The fourth-order valence-corrected chi connectivity index (χ4v) is 4.03. The van der Waals surface area contributed by atoms with E-state index in [0.717, 1.165) is 25.2 Å². The molecule has 2 aliphatic heterocycles. The normalized spacial score (nSPS) is 23.1. The highest BCUT2D eigenvalue weighted by Gasteiger charge is 2.39. The van der Waals surface area contributed by atoms with Crippen molar-refractivity contribution in [2.45, 2.75) is 25.2 Å². The van der Waals surface area contributed by atoms with Crippen molar-refractivity contribution in [3.05, 3.63) is 35.4 Å². The van der Waals surface area contributed by atoms with Gasteiger partial charge in [0.1, 0.15) is 5.75 Å². The Kier molecular flexibility index (Phi) is 4.67. The molecule has 0 amide bonds. The first-order chi connectivity index (χ1) is 13.2. The fraction of sp³-hybridized carbons (Fsp3) is 0.474. The lowest BCUT2D eigenvalue weighted by atomic mass is 10.0. The van der Waals surface area contributed by atoms with Gasteiger partial charge in [-0.3, -0.25) is 0 Å². The van der Waals surface area contributed by atoms with Gasteiger partial charge in [0.25, 0.3) is 0 Å². The summed E-state index contributed by atoms with van der Waals surface area (Å²) in [5.74, 6) is 0.236. The summed E-state index contributed by atoms with van der Waals surface area (Å²) in [4.78, 5) is 4.37. The molecule has 2 aliphatic rings. The smallest absolute Gasteiger partial charge is 0.416 e. The number of benzene rings is 1. The standard InChI is InChI=1S/C19H21F3N4O2/c1-11-7-12(19(20,21)22)8-15(27)18(11)13-3-4-17(24-23-13)26-5-6-28-16-10-25(2)9-14(16)26/h3-4,7-8,14,16,27H,5-6,9-10H2,1-2H3/t14-,16+/m0/s1. The van der Waals surface area contributed by atoms with Gasteiger partial charge in [-0.05, 0) is 43.8 Å². The number of likely N-dealkylation sites (tertiary alicyclic amines) is 1. The second-order valence-corrected chi connectivity index (χ2v) is 7.35. The number of phenols is 1. The lowest BCUT2D eigenvalue weighted by Gasteiger charge is -2.37. The molecule has 4 rings (SSSR count). The molecule has 1 aromatic heterocycles. The number of nitrogens with zero attached hydrogens (tertiary/aromatic N) is 4. The van der Waals surface area contributed by atoms with Gasteiger partial charge in [-0.15, -0.1) is 10.2 Å². The molecule has 0 unspecified atom stereocenters. The molecular formula is C19H21F3N4O2. The molecule has 150 valence electrons. The SMILES string of the molecule is Cc1cc(C(F)(F)F)cc(O)c1-c1ccc(N2CCO[C@@H]3CN(C)C[C@@H]32)nn1. The zero-order valence-electron chi connectivity index (χ0n) is 15.6. The molecule has 2 saturated heterocycles. The van der Waals surface area contributed by atoms with E-state index in [1.807, 2.05) is 7.05 Å². The number of alkyl halides is 3. The number of ether oxygens (including phenoxy) is 1. The van der Waals surface area contributed by atoms with Crippen LogP contribution < -0.4 is 4.90 Å². The van der Waals surface area contributed by atoms with Crippen molar-refractivity contribution in [1.29, 1.82) is 0 Å². The summed E-state index contributed by atoms with van der Waals surface area (Å²) in [5.41, 5.74) is -0.00732. The molecule has 0 aliphatic carbocycles.